The largest absolute Gasteiger partial charge is 0.383 e. The normalized spacial score (nSPS) is 10.1. The fourth-order valence-electron chi connectivity index (χ4n) is 0.873. The van der Waals surface area contributed by atoms with Crippen molar-refractivity contribution < 1.29 is 9.53 Å². The summed E-state index contributed by atoms with van der Waals surface area (Å²) in [5.41, 5.74) is 0. The second-order valence-electron chi connectivity index (χ2n) is 2.84. The van der Waals surface area contributed by atoms with Gasteiger partial charge in [-0.05, 0) is 6.26 Å². The maximum atomic E-state index is 11.1. The summed E-state index contributed by atoms with van der Waals surface area (Å²) in [6, 6.07) is 0. The molecule has 0 fully saturated rings. The standard InChI is InChI=1S/C9H20N2O2S/c1-13-7-6-10-4-5-11-9(12)3-8-14-2/h10H,3-8H2,1-2H3,(H,11,12). The Morgan fingerprint density at radius 2 is 2.14 bits per heavy atom. The third-order valence-corrected chi connectivity index (χ3v) is 2.25. The molecule has 0 saturated heterocycles. The van der Waals surface area contributed by atoms with Crippen LogP contribution in [0.1, 0.15) is 6.42 Å². The van der Waals surface area contributed by atoms with Crippen LogP contribution in [0.15, 0.2) is 0 Å². The van der Waals surface area contributed by atoms with Gasteiger partial charge < -0.3 is 15.4 Å². The molecule has 0 bridgehead atoms. The number of nitrogens with one attached hydrogen (secondary N) is 2. The SMILES string of the molecule is COCCNCCNC(=O)CCSC. The van der Waals surface area contributed by atoms with Crippen molar-refractivity contribution in [2.45, 2.75) is 6.42 Å². The topological polar surface area (TPSA) is 50.4 Å². The highest BCUT2D eigenvalue weighted by molar-refractivity contribution is 7.98. The van der Waals surface area contributed by atoms with Gasteiger partial charge in [0.2, 0.25) is 5.91 Å². The fourth-order valence-corrected chi connectivity index (χ4v) is 1.26. The van der Waals surface area contributed by atoms with Gasteiger partial charge in [0.05, 0.1) is 6.61 Å². The van der Waals surface area contributed by atoms with Crippen molar-refractivity contribution in [2.24, 2.45) is 0 Å². The van der Waals surface area contributed by atoms with Gasteiger partial charge in [0, 0.05) is 38.9 Å². The predicted molar refractivity (Wildman–Crippen MR) is 60.8 cm³/mol. The second-order valence-corrected chi connectivity index (χ2v) is 3.82. The Morgan fingerprint density at radius 3 is 2.79 bits per heavy atom. The van der Waals surface area contributed by atoms with E-state index in [1.165, 1.54) is 0 Å². The van der Waals surface area contributed by atoms with Gasteiger partial charge in [-0.3, -0.25) is 4.79 Å². The third kappa shape index (κ3) is 9.83. The Morgan fingerprint density at radius 1 is 1.36 bits per heavy atom. The van der Waals surface area contributed by atoms with Gasteiger partial charge >= 0.3 is 0 Å². The number of ether oxygens (including phenoxy) is 1. The molecule has 0 aromatic heterocycles. The molecular formula is C9H20N2O2S. The first-order chi connectivity index (χ1) is 6.81. The number of carbonyl (C=O) groups is 1. The van der Waals surface area contributed by atoms with Crippen LogP contribution in [0.3, 0.4) is 0 Å². The van der Waals surface area contributed by atoms with E-state index >= 15 is 0 Å². The summed E-state index contributed by atoms with van der Waals surface area (Å²) in [4.78, 5) is 11.1. The van der Waals surface area contributed by atoms with Crippen LogP contribution < -0.4 is 10.6 Å². The maximum absolute atomic E-state index is 11.1. The minimum atomic E-state index is 0.132. The Kier molecular flexibility index (Phi) is 10.6. The van der Waals surface area contributed by atoms with Gasteiger partial charge in [-0.1, -0.05) is 0 Å². The Labute approximate surface area is 90.2 Å². The summed E-state index contributed by atoms with van der Waals surface area (Å²) in [6.07, 6.45) is 2.61. The number of thioether (sulfide) groups is 1. The number of amides is 1. The fraction of sp³-hybridized carbons (Fsp3) is 0.889. The van der Waals surface area contributed by atoms with Crippen LogP contribution in [0, 0.1) is 0 Å². The predicted octanol–water partition coefficient (Wildman–Crippen LogP) is 0.0917. The lowest BCUT2D eigenvalue weighted by Gasteiger charge is -2.05. The van der Waals surface area contributed by atoms with Gasteiger partial charge in [0.1, 0.15) is 0 Å². The molecular weight excluding hydrogens is 200 g/mol. The zero-order valence-corrected chi connectivity index (χ0v) is 9.78. The van der Waals surface area contributed by atoms with Crippen LogP contribution in [0.5, 0.6) is 0 Å². The zero-order chi connectivity index (χ0) is 10.6. The molecule has 0 saturated carbocycles. The molecule has 5 heteroatoms. The van der Waals surface area contributed by atoms with Gasteiger partial charge in [-0.2, -0.15) is 11.8 Å². The van der Waals surface area contributed by atoms with Gasteiger partial charge in [-0.15, -0.1) is 0 Å². The molecule has 0 aliphatic heterocycles. The van der Waals surface area contributed by atoms with Crippen molar-refractivity contribution >= 4 is 17.7 Å². The highest BCUT2D eigenvalue weighted by Crippen LogP contribution is 1.93. The highest BCUT2D eigenvalue weighted by Gasteiger charge is 1.98. The molecule has 84 valence electrons. The summed E-state index contributed by atoms with van der Waals surface area (Å²) in [5.74, 6) is 1.02. The highest BCUT2D eigenvalue weighted by atomic mass is 32.2. The van der Waals surface area contributed by atoms with E-state index in [9.17, 15) is 4.79 Å². The lowest BCUT2D eigenvalue weighted by Crippen LogP contribution is -2.33. The number of rotatable bonds is 9. The molecule has 0 unspecified atom stereocenters. The monoisotopic (exact) mass is 220 g/mol. The molecule has 2 N–H and O–H groups in total. The number of hydrogen-bond acceptors (Lipinski definition) is 4. The van der Waals surface area contributed by atoms with E-state index in [1.807, 2.05) is 6.26 Å². The van der Waals surface area contributed by atoms with Crippen LogP contribution in [0.25, 0.3) is 0 Å². The van der Waals surface area contributed by atoms with E-state index < -0.39 is 0 Å². The number of carbonyl (C=O) groups excluding carboxylic acids is 1. The maximum Gasteiger partial charge on any atom is 0.220 e. The van der Waals surface area contributed by atoms with E-state index in [1.54, 1.807) is 18.9 Å². The van der Waals surface area contributed by atoms with Crippen molar-refractivity contribution in [3.63, 3.8) is 0 Å². The van der Waals surface area contributed by atoms with E-state index in [2.05, 4.69) is 10.6 Å². The van der Waals surface area contributed by atoms with Crippen LogP contribution in [0.2, 0.25) is 0 Å². The summed E-state index contributed by atoms with van der Waals surface area (Å²) >= 11 is 1.69. The third-order valence-electron chi connectivity index (χ3n) is 1.64. The zero-order valence-electron chi connectivity index (χ0n) is 8.97. The van der Waals surface area contributed by atoms with Crippen LogP contribution in [-0.2, 0) is 9.53 Å². The minimum absolute atomic E-state index is 0.132. The lowest BCUT2D eigenvalue weighted by atomic mass is 10.4. The van der Waals surface area contributed by atoms with Gasteiger partial charge in [-0.25, -0.2) is 0 Å². The van der Waals surface area contributed by atoms with Gasteiger partial charge in [0.25, 0.3) is 0 Å². The molecule has 0 aliphatic carbocycles. The van der Waals surface area contributed by atoms with Crippen LogP contribution >= 0.6 is 11.8 Å². The molecule has 14 heavy (non-hydrogen) atoms. The molecule has 0 radical (unpaired) electrons. The summed E-state index contributed by atoms with van der Waals surface area (Å²) in [6.45, 7) is 3.03. The summed E-state index contributed by atoms with van der Waals surface area (Å²) in [7, 11) is 1.67. The number of hydrogen-bond donors (Lipinski definition) is 2. The average molecular weight is 220 g/mol. The van der Waals surface area contributed by atoms with E-state index in [-0.39, 0.29) is 5.91 Å². The van der Waals surface area contributed by atoms with E-state index in [0.717, 1.165) is 18.8 Å². The summed E-state index contributed by atoms with van der Waals surface area (Å²) in [5, 5.41) is 5.99. The molecule has 0 spiro atoms. The first-order valence-electron chi connectivity index (χ1n) is 4.76. The van der Waals surface area contributed by atoms with Crippen LogP contribution in [0.4, 0.5) is 0 Å². The lowest BCUT2D eigenvalue weighted by molar-refractivity contribution is -0.120. The molecule has 0 aliphatic rings. The molecule has 4 nitrogen and oxygen atoms in total. The smallest absolute Gasteiger partial charge is 0.220 e. The molecule has 0 rings (SSSR count). The Balaban J connectivity index is 3.07. The average Bonchev–Trinajstić information content (AvgIpc) is 2.20. The first kappa shape index (κ1) is 13.7. The van der Waals surface area contributed by atoms with Crippen molar-refractivity contribution in [3.8, 4) is 0 Å². The van der Waals surface area contributed by atoms with E-state index in [0.29, 0.717) is 19.6 Å². The minimum Gasteiger partial charge on any atom is -0.383 e. The Bertz CT molecular complexity index is 145. The van der Waals surface area contributed by atoms with Crippen molar-refractivity contribution in [1.29, 1.82) is 0 Å². The first-order valence-corrected chi connectivity index (χ1v) is 6.16. The molecule has 0 atom stereocenters. The van der Waals surface area contributed by atoms with Crippen molar-refractivity contribution in [1.82, 2.24) is 10.6 Å². The molecule has 1 amide bonds. The Hall–Kier alpha value is -0.260. The quantitative estimate of drug-likeness (QED) is 0.541. The van der Waals surface area contributed by atoms with Crippen LogP contribution in [-0.4, -0.2) is 51.3 Å². The second kappa shape index (κ2) is 10.8. The number of methoxy groups -OCH3 is 1. The van der Waals surface area contributed by atoms with E-state index in [4.69, 9.17) is 4.74 Å². The van der Waals surface area contributed by atoms with Crippen molar-refractivity contribution in [3.05, 3.63) is 0 Å². The summed E-state index contributed by atoms with van der Waals surface area (Å²) < 4.78 is 4.87. The molecule has 0 aromatic carbocycles. The van der Waals surface area contributed by atoms with Crippen molar-refractivity contribution in [2.75, 3.05) is 45.4 Å². The molecule has 0 aromatic rings. The van der Waals surface area contributed by atoms with Gasteiger partial charge in [0.15, 0.2) is 0 Å². The molecule has 0 heterocycles.